The van der Waals surface area contributed by atoms with Crippen LogP contribution in [0.2, 0.25) is 0 Å². The molecule has 0 aromatic rings. The van der Waals surface area contributed by atoms with Crippen molar-refractivity contribution in [2.24, 2.45) is 50.2 Å². The lowest BCUT2D eigenvalue weighted by atomic mass is 9.33. The maximum absolute atomic E-state index is 15.3. The highest BCUT2D eigenvalue weighted by atomic mass is 16.8. The zero-order valence-corrected chi connectivity index (χ0v) is 55.3. The molecule has 0 bridgehead atoms. The van der Waals surface area contributed by atoms with Crippen LogP contribution in [-0.4, -0.2) is 292 Å². The average Bonchev–Trinajstić information content (AvgIpc) is 0.676. The van der Waals surface area contributed by atoms with E-state index >= 15 is 4.79 Å². The summed E-state index contributed by atoms with van der Waals surface area (Å²) in [6.07, 6.45) is -36.7. The number of aliphatic hydroxyl groups is 16. The molecule has 0 spiro atoms. The van der Waals surface area contributed by atoms with Crippen molar-refractivity contribution in [3.05, 3.63) is 11.6 Å². The summed E-state index contributed by atoms with van der Waals surface area (Å²) in [6.45, 7) is 18.5. The fraction of sp³-hybridized carbons (Fsp3) is 0.954. The minimum absolute atomic E-state index is 0.0943. The van der Waals surface area contributed by atoms with E-state index in [0.717, 1.165) is 25.7 Å². The number of allylic oxidation sites excluding steroid dienone is 2. The van der Waals surface area contributed by atoms with Gasteiger partial charge < -0.3 is 139 Å². The third kappa shape index (κ3) is 12.5. The van der Waals surface area contributed by atoms with Gasteiger partial charge in [0, 0.05) is 0 Å². The summed E-state index contributed by atoms with van der Waals surface area (Å²) in [7, 11) is 0. The topological polar surface area (TPSA) is 452 Å². The molecule has 6 saturated heterocycles. The molecule has 0 amide bonds. The molecule has 11 aliphatic rings. The fourth-order valence-corrected chi connectivity index (χ4v) is 18.9. The Hall–Kier alpha value is -1.87. The lowest BCUT2D eigenvalue weighted by Crippen LogP contribution is -2.66. The number of fused-ring (bicyclic) bond motifs is 7. The van der Waals surface area contributed by atoms with Crippen LogP contribution in [0.5, 0.6) is 0 Å². The Kier molecular flexibility index (Phi) is 21.2. The third-order valence-electron chi connectivity index (χ3n) is 25.1. The Balaban J connectivity index is 0.778. The Morgan fingerprint density at radius 3 is 1.61 bits per heavy atom. The van der Waals surface area contributed by atoms with Crippen molar-refractivity contribution in [1.29, 1.82) is 0 Å². The molecular formula is C65H106O29. The van der Waals surface area contributed by atoms with Crippen molar-refractivity contribution in [2.45, 2.75) is 318 Å². The number of rotatable bonds is 14. The highest BCUT2D eigenvalue weighted by Crippen LogP contribution is 2.76. The van der Waals surface area contributed by atoms with Crippen LogP contribution in [0.25, 0.3) is 0 Å². The third-order valence-corrected chi connectivity index (χ3v) is 25.1. The Morgan fingerprint density at radius 1 is 0.500 bits per heavy atom. The van der Waals surface area contributed by atoms with Gasteiger partial charge in [-0.3, -0.25) is 4.79 Å². The molecule has 29 nitrogen and oxygen atoms in total. The van der Waals surface area contributed by atoms with E-state index in [-0.39, 0.29) is 46.0 Å². The van der Waals surface area contributed by atoms with Gasteiger partial charge in [0.05, 0.1) is 49.7 Å². The van der Waals surface area contributed by atoms with Crippen molar-refractivity contribution >= 4 is 5.97 Å². The van der Waals surface area contributed by atoms with Crippen LogP contribution in [0, 0.1) is 50.2 Å². The molecule has 6 aliphatic heterocycles. The molecule has 0 aromatic heterocycles. The first-order valence-electron chi connectivity index (χ1n) is 33.8. The van der Waals surface area contributed by atoms with Crippen LogP contribution in [0.1, 0.15) is 133 Å². The van der Waals surface area contributed by atoms with E-state index in [0.29, 0.717) is 38.5 Å². The van der Waals surface area contributed by atoms with Crippen LogP contribution < -0.4 is 0 Å². The number of hydrogen-bond acceptors (Lipinski definition) is 29. The van der Waals surface area contributed by atoms with Gasteiger partial charge >= 0.3 is 5.97 Å². The summed E-state index contributed by atoms with van der Waals surface area (Å²) < 4.78 is 72.3. The van der Waals surface area contributed by atoms with Gasteiger partial charge in [-0.15, -0.1) is 0 Å². The number of hydrogen-bond donors (Lipinski definition) is 16. The van der Waals surface area contributed by atoms with E-state index in [4.69, 9.17) is 56.8 Å². The van der Waals surface area contributed by atoms with Gasteiger partial charge in [-0.2, -0.15) is 0 Å². The van der Waals surface area contributed by atoms with Gasteiger partial charge in [-0.25, -0.2) is 0 Å². The van der Waals surface area contributed by atoms with Crippen molar-refractivity contribution in [3.8, 4) is 0 Å². The van der Waals surface area contributed by atoms with E-state index in [2.05, 4.69) is 54.5 Å². The van der Waals surface area contributed by atoms with Crippen molar-refractivity contribution < 1.29 is 143 Å². The summed E-state index contributed by atoms with van der Waals surface area (Å²) in [5, 5.41) is 174. The van der Waals surface area contributed by atoms with E-state index in [1.54, 1.807) is 0 Å². The number of carbonyl (C=O) groups is 1. The molecule has 0 aromatic carbocycles. The van der Waals surface area contributed by atoms with Gasteiger partial charge in [0.1, 0.15) is 122 Å². The summed E-state index contributed by atoms with van der Waals surface area (Å²) in [4.78, 5) is 15.3. The second-order valence-electron chi connectivity index (χ2n) is 31.4. The first-order chi connectivity index (χ1) is 44.0. The zero-order valence-electron chi connectivity index (χ0n) is 55.3. The Morgan fingerprint density at radius 2 is 1.02 bits per heavy atom. The first-order valence-corrected chi connectivity index (χ1v) is 33.8. The Labute approximate surface area is 547 Å². The summed E-state index contributed by atoms with van der Waals surface area (Å²) >= 11 is 0. The lowest BCUT2D eigenvalue weighted by molar-refractivity contribution is -0.379. The maximum atomic E-state index is 15.3. The molecule has 16 N–H and O–H groups in total. The van der Waals surface area contributed by atoms with Crippen LogP contribution in [-0.2, 0) is 61.6 Å². The van der Waals surface area contributed by atoms with Crippen LogP contribution in [0.3, 0.4) is 0 Å². The lowest BCUT2D eigenvalue weighted by Gasteiger charge is -2.71. The molecule has 0 unspecified atom stereocenters. The number of carbonyl (C=O) groups excluding carboxylic acids is 1. The van der Waals surface area contributed by atoms with Gasteiger partial charge in [0.25, 0.3) is 0 Å². The summed E-state index contributed by atoms with van der Waals surface area (Å²) in [5.74, 6) is -0.642. The smallest absolute Gasteiger partial charge is 0.315 e. The molecule has 37 atom stereocenters. The fourth-order valence-electron chi connectivity index (χ4n) is 18.9. The maximum Gasteiger partial charge on any atom is 0.315 e. The first kappa shape index (κ1) is 73.4. The van der Waals surface area contributed by atoms with E-state index in [1.807, 2.05) is 0 Å². The van der Waals surface area contributed by atoms with Gasteiger partial charge in [-0.05, 0) is 130 Å². The predicted molar refractivity (Wildman–Crippen MR) is 318 cm³/mol. The molecule has 0 radical (unpaired) electrons. The number of aliphatic hydroxyl groups excluding tert-OH is 16. The summed E-state index contributed by atoms with van der Waals surface area (Å²) in [5.41, 5.74) is -1.48. The van der Waals surface area contributed by atoms with Crippen molar-refractivity contribution in [3.63, 3.8) is 0 Å². The molecule has 11 rings (SSSR count). The normalized spacial score (nSPS) is 55.0. The van der Waals surface area contributed by atoms with E-state index in [1.165, 1.54) is 26.3 Å². The van der Waals surface area contributed by atoms with Gasteiger partial charge in [0.15, 0.2) is 31.5 Å². The number of esters is 1. The average molecular weight is 1350 g/mol. The predicted octanol–water partition coefficient (Wildman–Crippen LogP) is -2.66. The van der Waals surface area contributed by atoms with Crippen molar-refractivity contribution in [2.75, 3.05) is 19.8 Å². The molecule has 540 valence electrons. The highest BCUT2D eigenvalue weighted by Gasteiger charge is 2.70. The molecule has 10 fully saturated rings. The second kappa shape index (κ2) is 27.1. The minimum Gasteiger partial charge on any atom is -0.432 e. The molecule has 4 saturated carbocycles. The zero-order chi connectivity index (χ0) is 68.6. The molecular weight excluding hydrogens is 1240 g/mol. The SMILES string of the molecule is C[C@@H]1O[C@@H](O[C@H]2[C@H](O[C@H]3CC[C@]4(C)[C@H]5CC=C6[C@@H]7CC(C)(C)CC[C@]7(C(=O)O[C@@H]7O[C@H](CO[C@@H]8O[C@H](CO)[C@@H](O[C@@H]9O[C@@H](C)[C@H](O)[C@@H](O)[C@H]9O)[C@H](O)[C@H]8O)[C@@H](O)[C@H](O)[C@H]7O)CC[C@@]6(C)[C@]5(C)CC[C@H]4C3(C)C)OC[C@H](O[C@@H]3O[C@@H](C)[C@H](O)[C@@H](O)[C@H]3O)[C@@H]2O)[C@H](O)[C@H](O)[C@H]1O. The standard InChI is InChI=1S/C65H106O29/c1-25-36(67)41(72)46(77)54(85-25)90-32-24-84-58(52(40(32)71)93-56-48(79)43(74)38(69)27(3)87-56)91-35-14-15-62(8)33(61(35,6)7)13-16-64(10)34(62)12-11-28-29-21-60(4,5)17-19-65(29,20-18-63(28,64)9)59(82)94-57-49(80)44(75)39(70)31(89-57)23-83-53-50(81)45(76)51(30(22-66)88-53)92-55-47(78)42(73)37(68)26(2)86-55/h11,25-27,29-58,66-81H,12-24H2,1-10H3/t25-,26-,27-,29-,30+,31+,32-,33-,34+,35-,36-,37-,38-,39+,40-,41+,42+,43+,44-,45+,46+,47+,48+,49+,50+,51+,52+,53+,54-,55-,56-,57-,58-,62-,63+,64+,65-/m0/s1. The van der Waals surface area contributed by atoms with E-state index < -0.39 is 214 Å². The van der Waals surface area contributed by atoms with Gasteiger partial charge in [-0.1, -0.05) is 60.1 Å². The molecule has 5 aliphatic carbocycles. The van der Waals surface area contributed by atoms with E-state index in [9.17, 15) is 81.7 Å². The summed E-state index contributed by atoms with van der Waals surface area (Å²) in [6, 6.07) is 0. The molecule has 29 heteroatoms. The molecule has 94 heavy (non-hydrogen) atoms. The van der Waals surface area contributed by atoms with Gasteiger partial charge in [0.2, 0.25) is 6.29 Å². The minimum atomic E-state index is -1.91. The Bertz CT molecular complexity index is 2650. The highest BCUT2D eigenvalue weighted by molar-refractivity contribution is 5.79. The monoisotopic (exact) mass is 1350 g/mol. The van der Waals surface area contributed by atoms with Crippen LogP contribution in [0.4, 0.5) is 0 Å². The largest absolute Gasteiger partial charge is 0.432 e. The quantitative estimate of drug-likeness (QED) is 0.0479. The molecule has 6 heterocycles. The van der Waals surface area contributed by atoms with Crippen LogP contribution >= 0.6 is 0 Å². The van der Waals surface area contributed by atoms with Crippen LogP contribution in [0.15, 0.2) is 11.6 Å². The number of ether oxygens (including phenoxy) is 12. The van der Waals surface area contributed by atoms with Crippen molar-refractivity contribution in [1.82, 2.24) is 0 Å². The second-order valence-corrected chi connectivity index (χ2v) is 31.4.